The maximum atomic E-state index is 13.7. The van der Waals surface area contributed by atoms with Crippen LogP contribution in [-0.2, 0) is 20.0 Å². The highest BCUT2D eigenvalue weighted by Gasteiger charge is 2.35. The second-order valence-corrected chi connectivity index (χ2v) is 14.1. The normalized spacial score (nSPS) is 18.3. The van der Waals surface area contributed by atoms with Crippen molar-refractivity contribution >= 4 is 31.6 Å². The van der Waals surface area contributed by atoms with Crippen LogP contribution in [0, 0.1) is 11.7 Å². The summed E-state index contributed by atoms with van der Waals surface area (Å²) in [6, 6.07) is 13.8. The molecule has 4 rings (SSSR count). The van der Waals surface area contributed by atoms with Crippen molar-refractivity contribution in [2.24, 2.45) is 5.92 Å². The van der Waals surface area contributed by atoms with Gasteiger partial charge in [0, 0.05) is 25.2 Å². The Morgan fingerprint density at radius 1 is 1.07 bits per heavy atom. The van der Waals surface area contributed by atoms with Crippen molar-refractivity contribution in [1.29, 1.82) is 0 Å². The Morgan fingerprint density at radius 2 is 1.70 bits per heavy atom. The Morgan fingerprint density at radius 3 is 2.30 bits per heavy atom. The van der Waals surface area contributed by atoms with E-state index in [0.29, 0.717) is 5.75 Å². The first-order valence-corrected chi connectivity index (χ1v) is 16.3. The summed E-state index contributed by atoms with van der Waals surface area (Å²) in [7, 11) is -5.11. The largest absolute Gasteiger partial charge is 0.497 e. The molecule has 0 radical (unpaired) electrons. The maximum Gasteiger partial charge on any atom is 0.261 e. The van der Waals surface area contributed by atoms with Crippen LogP contribution in [0.15, 0.2) is 76.5 Å². The molecule has 14 heteroatoms. The lowest BCUT2D eigenvalue weighted by Crippen LogP contribution is -2.50. The summed E-state index contributed by atoms with van der Waals surface area (Å²) in [4.78, 5) is 15.0. The number of rotatable bonds is 10. The fourth-order valence-corrected chi connectivity index (χ4v) is 6.84. The molecule has 0 bridgehead atoms. The van der Waals surface area contributed by atoms with Crippen LogP contribution in [0.5, 0.6) is 11.5 Å². The van der Waals surface area contributed by atoms with E-state index in [1.54, 1.807) is 19.1 Å². The predicted octanol–water partition coefficient (Wildman–Crippen LogP) is 3.18. The van der Waals surface area contributed by atoms with Crippen LogP contribution < -0.4 is 14.2 Å². The highest BCUT2D eigenvalue weighted by Crippen LogP contribution is 2.32. The molecule has 1 aliphatic heterocycles. The quantitative estimate of drug-likeness (QED) is 0.346. The molecule has 11 nitrogen and oxygen atoms in total. The Balaban J connectivity index is 1.67. The average Bonchev–Trinajstić information content (AvgIpc) is 2.98. The van der Waals surface area contributed by atoms with Crippen LogP contribution in [0.1, 0.15) is 24.2 Å². The number of nitrogens with one attached hydrogen (secondary N) is 1. The van der Waals surface area contributed by atoms with E-state index in [2.05, 4.69) is 4.72 Å². The number of carbonyl (C=O) groups is 1. The fraction of sp³-hybridized carbons (Fsp3) is 0.345. The summed E-state index contributed by atoms with van der Waals surface area (Å²) in [5.41, 5.74) is 0.0816. The molecule has 0 aromatic heterocycles. The lowest BCUT2D eigenvalue weighted by molar-refractivity contribution is 0.0387. The van der Waals surface area contributed by atoms with Gasteiger partial charge in [-0.2, -0.15) is 4.31 Å². The molecule has 0 aliphatic carbocycles. The number of carbonyl (C=O) groups excluding carboxylic acids is 1. The molecule has 3 aromatic carbocycles. The van der Waals surface area contributed by atoms with Crippen LogP contribution in [0.2, 0.25) is 0 Å². The van der Waals surface area contributed by atoms with Gasteiger partial charge in [0.15, 0.2) is 0 Å². The van der Waals surface area contributed by atoms with Crippen molar-refractivity contribution in [3.63, 3.8) is 0 Å². The zero-order chi connectivity index (χ0) is 31.5. The highest BCUT2D eigenvalue weighted by atomic mass is 32.2. The molecule has 0 unspecified atom stereocenters. The van der Waals surface area contributed by atoms with Crippen molar-refractivity contribution in [2.45, 2.75) is 35.8 Å². The van der Waals surface area contributed by atoms with E-state index in [9.17, 15) is 31.1 Å². The number of likely N-dealkylation sites (N-methyl/N-ethyl adjacent to an activating group) is 1. The summed E-state index contributed by atoms with van der Waals surface area (Å²) in [6.45, 7) is 3.22. The monoisotopic (exact) mass is 635 g/mol. The fourth-order valence-electron chi connectivity index (χ4n) is 4.61. The van der Waals surface area contributed by atoms with Crippen molar-refractivity contribution < 1.29 is 40.6 Å². The number of amides is 1. The zero-order valence-corrected chi connectivity index (χ0v) is 25.7. The van der Waals surface area contributed by atoms with Gasteiger partial charge in [0.25, 0.3) is 15.9 Å². The van der Waals surface area contributed by atoms with E-state index in [1.807, 2.05) is 6.92 Å². The van der Waals surface area contributed by atoms with Gasteiger partial charge >= 0.3 is 0 Å². The standard InChI is InChI=1S/C29H34FN3O8S2/c1-19-16-33(20(2)18-34)29(35)26-15-22(31-42(36,37)24-10-5-21(30)6-11-24)7-14-27(26)41-28(19)17-32(3)43(38,39)25-12-8-23(40-4)9-13-25/h5-15,19-20,28,31,34H,16-18H2,1-4H3/t19-,20+,28+/m1/s1. The number of benzene rings is 3. The summed E-state index contributed by atoms with van der Waals surface area (Å²) < 4.78 is 80.7. The molecule has 1 amide bonds. The molecule has 3 atom stereocenters. The summed E-state index contributed by atoms with van der Waals surface area (Å²) in [5.74, 6) is -0.818. The Bertz CT molecular complexity index is 1670. The van der Waals surface area contributed by atoms with Gasteiger partial charge in [-0.1, -0.05) is 6.92 Å². The van der Waals surface area contributed by atoms with Gasteiger partial charge in [-0.25, -0.2) is 21.2 Å². The van der Waals surface area contributed by atoms with E-state index >= 15 is 0 Å². The van der Waals surface area contributed by atoms with Crippen molar-refractivity contribution in [2.75, 3.05) is 38.6 Å². The lowest BCUT2D eigenvalue weighted by Gasteiger charge is -2.38. The summed E-state index contributed by atoms with van der Waals surface area (Å²) in [5, 5.41) is 9.90. The number of hydrogen-bond acceptors (Lipinski definition) is 8. The second-order valence-electron chi connectivity index (χ2n) is 10.4. The first kappa shape index (κ1) is 32.2. The van der Waals surface area contributed by atoms with Crippen LogP contribution in [0.4, 0.5) is 10.1 Å². The molecule has 43 heavy (non-hydrogen) atoms. The van der Waals surface area contributed by atoms with Gasteiger partial charge in [-0.15, -0.1) is 0 Å². The van der Waals surface area contributed by atoms with E-state index in [-0.39, 0.29) is 52.4 Å². The lowest BCUT2D eigenvalue weighted by atomic mass is 9.99. The maximum absolute atomic E-state index is 13.7. The number of anilines is 1. The van der Waals surface area contributed by atoms with Gasteiger partial charge in [-0.05, 0) is 73.7 Å². The SMILES string of the molecule is COc1ccc(S(=O)(=O)N(C)C[C@@H]2Oc3ccc(NS(=O)(=O)c4ccc(F)cc4)cc3C(=O)N([C@@H](C)CO)C[C@H]2C)cc1. The molecule has 0 fully saturated rings. The van der Waals surface area contributed by atoms with E-state index in [4.69, 9.17) is 9.47 Å². The van der Waals surface area contributed by atoms with Crippen LogP contribution >= 0.6 is 0 Å². The molecule has 232 valence electrons. The molecule has 1 heterocycles. The van der Waals surface area contributed by atoms with E-state index in [1.165, 1.54) is 53.7 Å². The third-order valence-electron chi connectivity index (χ3n) is 7.25. The average molecular weight is 636 g/mol. The number of hydrogen-bond donors (Lipinski definition) is 2. The third kappa shape index (κ3) is 7.09. The van der Waals surface area contributed by atoms with Crippen molar-refractivity contribution in [3.05, 3.63) is 78.1 Å². The van der Waals surface area contributed by atoms with E-state index in [0.717, 1.165) is 24.3 Å². The number of aliphatic hydroxyl groups excluding tert-OH is 1. The predicted molar refractivity (Wildman–Crippen MR) is 158 cm³/mol. The molecule has 3 aromatic rings. The second kappa shape index (κ2) is 12.9. The molecule has 1 aliphatic rings. The molecule has 2 N–H and O–H groups in total. The molecular weight excluding hydrogens is 601 g/mol. The first-order chi connectivity index (χ1) is 20.3. The van der Waals surface area contributed by atoms with Gasteiger partial charge in [0.05, 0.1) is 41.7 Å². The first-order valence-electron chi connectivity index (χ1n) is 13.4. The Labute approximate surface area is 250 Å². The van der Waals surface area contributed by atoms with Crippen LogP contribution in [-0.4, -0.2) is 83.1 Å². The number of sulfonamides is 2. The topological polar surface area (TPSA) is 143 Å². The highest BCUT2D eigenvalue weighted by molar-refractivity contribution is 7.92. The third-order valence-corrected chi connectivity index (χ3v) is 10.5. The molecule has 0 saturated heterocycles. The minimum atomic E-state index is -4.11. The zero-order valence-electron chi connectivity index (χ0n) is 24.1. The number of aliphatic hydroxyl groups is 1. The van der Waals surface area contributed by atoms with E-state index < -0.39 is 43.9 Å². The number of nitrogens with zero attached hydrogens (tertiary/aromatic N) is 2. The van der Waals surface area contributed by atoms with Gasteiger partial charge in [-0.3, -0.25) is 9.52 Å². The molecular formula is C29H34FN3O8S2. The number of fused-ring (bicyclic) bond motifs is 1. The number of methoxy groups -OCH3 is 1. The summed E-state index contributed by atoms with van der Waals surface area (Å²) >= 11 is 0. The van der Waals surface area contributed by atoms with Crippen LogP contribution in [0.3, 0.4) is 0 Å². The summed E-state index contributed by atoms with van der Waals surface area (Å²) in [6.07, 6.45) is -0.722. The number of halogens is 1. The van der Waals surface area contributed by atoms with Crippen LogP contribution in [0.25, 0.3) is 0 Å². The van der Waals surface area contributed by atoms with Crippen molar-refractivity contribution in [3.8, 4) is 11.5 Å². The Kier molecular flexibility index (Phi) is 9.64. The van der Waals surface area contributed by atoms with Crippen molar-refractivity contribution in [1.82, 2.24) is 9.21 Å². The van der Waals surface area contributed by atoms with Gasteiger partial charge in [0.1, 0.15) is 23.4 Å². The molecule has 0 saturated carbocycles. The number of ether oxygens (including phenoxy) is 2. The minimum Gasteiger partial charge on any atom is -0.497 e. The Hall–Kier alpha value is -3.72. The molecule has 0 spiro atoms. The smallest absolute Gasteiger partial charge is 0.261 e. The van der Waals surface area contributed by atoms with Gasteiger partial charge in [0.2, 0.25) is 10.0 Å². The minimum absolute atomic E-state index is 0.0252. The van der Waals surface area contributed by atoms with Gasteiger partial charge < -0.3 is 19.5 Å².